The zero-order valence-corrected chi connectivity index (χ0v) is 4.18. The lowest BCUT2D eigenvalue weighted by atomic mass is 10.6. The first kappa shape index (κ1) is 6.37. The van der Waals surface area contributed by atoms with E-state index in [4.69, 9.17) is 4.79 Å². The second-order valence-electron chi connectivity index (χ2n) is 1.13. The average Bonchev–Trinajstić information content (AvgIpc) is 2.23. The molecule has 40 valence electrons. The molecule has 7 heavy (non-hydrogen) atoms. The van der Waals surface area contributed by atoms with Crippen molar-refractivity contribution in [1.29, 1.82) is 0 Å². The molecule has 1 aliphatic heterocycles. The molecule has 2 nitrogen and oxygen atoms in total. The third-order valence-corrected chi connectivity index (χ3v) is 0.691. The molecule has 0 saturated heterocycles. The van der Waals surface area contributed by atoms with Gasteiger partial charge < -0.3 is 10.1 Å². The standard InChI is InChI=1S/C4H7N.CH2O/c1-2-4-5-3-1;1-2/h1-2,5H,3-4H2;1H2. The van der Waals surface area contributed by atoms with Crippen LogP contribution in [0.4, 0.5) is 0 Å². The van der Waals surface area contributed by atoms with Crippen LogP contribution in [0.2, 0.25) is 0 Å². The van der Waals surface area contributed by atoms with Crippen LogP contribution in [-0.2, 0) is 4.79 Å². The van der Waals surface area contributed by atoms with E-state index in [2.05, 4.69) is 17.5 Å². The molecule has 0 atom stereocenters. The summed E-state index contributed by atoms with van der Waals surface area (Å²) < 4.78 is 0. The van der Waals surface area contributed by atoms with E-state index in [0.717, 1.165) is 13.1 Å². The Bertz CT molecular complexity index is 55.1. The highest BCUT2D eigenvalue weighted by Gasteiger charge is 1.81. The van der Waals surface area contributed by atoms with Gasteiger partial charge in [-0.15, -0.1) is 0 Å². The van der Waals surface area contributed by atoms with E-state index in [0.29, 0.717) is 0 Å². The molecule has 0 aromatic carbocycles. The molecule has 0 aromatic heterocycles. The molecule has 2 heteroatoms. The SMILES string of the molecule is C1=CCNC1.C=O. The van der Waals surface area contributed by atoms with Crippen molar-refractivity contribution in [2.75, 3.05) is 13.1 Å². The fourth-order valence-electron chi connectivity index (χ4n) is 0.417. The molecule has 0 amide bonds. The summed E-state index contributed by atoms with van der Waals surface area (Å²) >= 11 is 0. The molecule has 0 saturated carbocycles. The van der Waals surface area contributed by atoms with E-state index in [9.17, 15) is 0 Å². The zero-order chi connectivity index (χ0) is 5.54. The topological polar surface area (TPSA) is 29.1 Å². The number of hydrogen-bond acceptors (Lipinski definition) is 2. The van der Waals surface area contributed by atoms with Gasteiger partial charge >= 0.3 is 0 Å². The minimum atomic E-state index is 1.07. The lowest BCUT2D eigenvalue weighted by Crippen LogP contribution is -2.04. The zero-order valence-electron chi connectivity index (χ0n) is 4.18. The molecule has 1 N–H and O–H groups in total. The highest BCUT2D eigenvalue weighted by Crippen LogP contribution is 1.75. The van der Waals surface area contributed by atoms with Gasteiger partial charge in [-0.2, -0.15) is 0 Å². The van der Waals surface area contributed by atoms with E-state index in [1.54, 1.807) is 0 Å². The van der Waals surface area contributed by atoms with Crippen molar-refractivity contribution in [1.82, 2.24) is 5.32 Å². The van der Waals surface area contributed by atoms with Gasteiger partial charge in [-0.1, -0.05) is 12.2 Å². The number of nitrogens with one attached hydrogen (secondary N) is 1. The predicted molar refractivity (Wildman–Crippen MR) is 29.1 cm³/mol. The molecule has 0 spiro atoms. The molecular formula is C5H9NO. The van der Waals surface area contributed by atoms with Crippen molar-refractivity contribution in [3.05, 3.63) is 12.2 Å². The maximum atomic E-state index is 8.00. The lowest BCUT2D eigenvalue weighted by molar-refractivity contribution is -0.0979. The van der Waals surface area contributed by atoms with Gasteiger partial charge in [0.25, 0.3) is 0 Å². The third kappa shape index (κ3) is 3.19. The summed E-state index contributed by atoms with van der Waals surface area (Å²) in [5.74, 6) is 0. The summed E-state index contributed by atoms with van der Waals surface area (Å²) in [5.41, 5.74) is 0. The summed E-state index contributed by atoms with van der Waals surface area (Å²) in [6.07, 6.45) is 4.25. The van der Waals surface area contributed by atoms with Crippen LogP contribution in [0.1, 0.15) is 0 Å². The molecule has 1 heterocycles. The van der Waals surface area contributed by atoms with Crippen molar-refractivity contribution < 1.29 is 4.79 Å². The molecule has 0 bridgehead atoms. The average molecular weight is 99.1 g/mol. The van der Waals surface area contributed by atoms with E-state index < -0.39 is 0 Å². The number of carbonyl (C=O) groups excluding carboxylic acids is 1. The Hall–Kier alpha value is -0.630. The van der Waals surface area contributed by atoms with Crippen LogP contribution in [0, 0.1) is 0 Å². The van der Waals surface area contributed by atoms with E-state index in [-0.39, 0.29) is 0 Å². The van der Waals surface area contributed by atoms with Gasteiger partial charge in [-0.3, -0.25) is 0 Å². The first-order valence-corrected chi connectivity index (χ1v) is 2.15. The van der Waals surface area contributed by atoms with Crippen molar-refractivity contribution in [2.24, 2.45) is 0 Å². The van der Waals surface area contributed by atoms with Gasteiger partial charge in [0.2, 0.25) is 0 Å². The number of hydrogen-bond donors (Lipinski definition) is 1. The maximum Gasteiger partial charge on any atom is 0.106 e. The minimum Gasteiger partial charge on any atom is -0.310 e. The molecule has 1 aliphatic rings. The van der Waals surface area contributed by atoms with Gasteiger partial charge in [0, 0.05) is 13.1 Å². The minimum absolute atomic E-state index is 1.07. The summed E-state index contributed by atoms with van der Waals surface area (Å²) in [6, 6.07) is 0. The normalized spacial score (nSPS) is 15.4. The fraction of sp³-hybridized carbons (Fsp3) is 0.400. The summed E-state index contributed by atoms with van der Waals surface area (Å²) in [6.45, 7) is 4.14. The van der Waals surface area contributed by atoms with Crippen molar-refractivity contribution >= 4 is 6.79 Å². The largest absolute Gasteiger partial charge is 0.310 e. The van der Waals surface area contributed by atoms with Crippen LogP contribution in [0.25, 0.3) is 0 Å². The fourth-order valence-corrected chi connectivity index (χ4v) is 0.417. The van der Waals surface area contributed by atoms with Crippen LogP contribution in [0.15, 0.2) is 12.2 Å². The lowest BCUT2D eigenvalue weighted by Gasteiger charge is -1.77. The monoisotopic (exact) mass is 99.1 g/mol. The Morgan fingerprint density at radius 1 is 1.29 bits per heavy atom. The molecular weight excluding hydrogens is 90.1 g/mol. The molecule has 0 aromatic rings. The summed E-state index contributed by atoms with van der Waals surface area (Å²) in [4.78, 5) is 8.00. The summed E-state index contributed by atoms with van der Waals surface area (Å²) in [5, 5.41) is 3.11. The van der Waals surface area contributed by atoms with Crippen molar-refractivity contribution in [3.63, 3.8) is 0 Å². The Balaban J connectivity index is 0.000000162. The maximum absolute atomic E-state index is 8.00. The molecule has 0 aliphatic carbocycles. The number of carbonyl (C=O) groups is 1. The molecule has 0 radical (unpaired) electrons. The molecule has 1 rings (SSSR count). The second kappa shape index (κ2) is 5.37. The molecule has 0 unspecified atom stereocenters. The third-order valence-electron chi connectivity index (χ3n) is 0.691. The van der Waals surface area contributed by atoms with Gasteiger partial charge in [0.15, 0.2) is 0 Å². The van der Waals surface area contributed by atoms with Crippen molar-refractivity contribution in [3.8, 4) is 0 Å². The second-order valence-corrected chi connectivity index (χ2v) is 1.13. The highest BCUT2D eigenvalue weighted by atomic mass is 16.1. The van der Waals surface area contributed by atoms with Gasteiger partial charge in [-0.05, 0) is 0 Å². The predicted octanol–water partition coefficient (Wildman–Crippen LogP) is -0.0391. The quantitative estimate of drug-likeness (QED) is 0.432. The van der Waals surface area contributed by atoms with Crippen LogP contribution in [0.5, 0.6) is 0 Å². The smallest absolute Gasteiger partial charge is 0.106 e. The van der Waals surface area contributed by atoms with E-state index in [1.165, 1.54) is 0 Å². The van der Waals surface area contributed by atoms with Gasteiger partial charge in [-0.25, -0.2) is 0 Å². The number of rotatable bonds is 0. The van der Waals surface area contributed by atoms with Gasteiger partial charge in [0.05, 0.1) is 0 Å². The van der Waals surface area contributed by atoms with Gasteiger partial charge in [0.1, 0.15) is 6.79 Å². The first-order valence-electron chi connectivity index (χ1n) is 2.15. The van der Waals surface area contributed by atoms with Crippen LogP contribution >= 0.6 is 0 Å². The Morgan fingerprint density at radius 3 is 1.86 bits per heavy atom. The van der Waals surface area contributed by atoms with Crippen molar-refractivity contribution in [2.45, 2.75) is 0 Å². The first-order chi connectivity index (χ1) is 3.50. The van der Waals surface area contributed by atoms with Crippen LogP contribution in [0.3, 0.4) is 0 Å². The van der Waals surface area contributed by atoms with Crippen LogP contribution < -0.4 is 5.32 Å². The molecule has 0 fully saturated rings. The van der Waals surface area contributed by atoms with E-state index in [1.807, 2.05) is 6.79 Å². The Morgan fingerprint density at radius 2 is 1.71 bits per heavy atom. The Labute approximate surface area is 43.2 Å². The summed E-state index contributed by atoms with van der Waals surface area (Å²) in [7, 11) is 0. The highest BCUT2D eigenvalue weighted by molar-refractivity contribution is 5.10. The van der Waals surface area contributed by atoms with E-state index >= 15 is 0 Å². The van der Waals surface area contributed by atoms with Crippen LogP contribution in [-0.4, -0.2) is 19.9 Å². The Kier molecular flexibility index (Phi) is 4.89.